The number of halogens is 3. The second-order valence-electron chi connectivity index (χ2n) is 6.93. The topological polar surface area (TPSA) is 47.7 Å². The van der Waals surface area contributed by atoms with E-state index in [2.05, 4.69) is 4.98 Å². The standard InChI is InChI=1S/C22H23F3N2O3/c1-14-18(13-27(2)12-15-7-5-8-16(11-15)22(23,24)25)26-21(30-14)17-9-6-10-19(28-3)20(17)29-4/h5-11H,12-13H2,1-4H3. The molecular weight excluding hydrogens is 397 g/mol. The third-order valence-corrected chi connectivity index (χ3v) is 4.65. The molecule has 0 aliphatic carbocycles. The zero-order valence-electron chi connectivity index (χ0n) is 17.2. The van der Waals surface area contributed by atoms with E-state index >= 15 is 0 Å². The van der Waals surface area contributed by atoms with E-state index in [-0.39, 0.29) is 0 Å². The predicted octanol–water partition coefficient (Wildman–Crippen LogP) is 5.32. The molecule has 1 heterocycles. The Bertz CT molecular complexity index is 1020. The number of aromatic nitrogens is 1. The molecule has 1 aromatic heterocycles. The van der Waals surface area contributed by atoms with Gasteiger partial charge in [0.15, 0.2) is 11.5 Å². The number of rotatable bonds is 7. The number of ether oxygens (including phenoxy) is 2. The second kappa shape index (κ2) is 8.79. The summed E-state index contributed by atoms with van der Waals surface area (Å²) < 4.78 is 55.4. The molecule has 0 N–H and O–H groups in total. The molecule has 0 bridgehead atoms. The summed E-state index contributed by atoms with van der Waals surface area (Å²) in [5.41, 5.74) is 1.28. The van der Waals surface area contributed by atoms with E-state index in [0.717, 1.165) is 6.07 Å². The van der Waals surface area contributed by atoms with Crippen molar-refractivity contribution in [1.82, 2.24) is 9.88 Å². The van der Waals surface area contributed by atoms with Gasteiger partial charge in [-0.15, -0.1) is 0 Å². The number of nitrogens with zero attached hydrogens (tertiary/aromatic N) is 2. The molecule has 0 amide bonds. The van der Waals surface area contributed by atoms with Gasteiger partial charge in [-0.25, -0.2) is 4.98 Å². The molecule has 160 valence electrons. The zero-order chi connectivity index (χ0) is 21.9. The minimum atomic E-state index is -4.36. The van der Waals surface area contributed by atoms with Crippen LogP contribution in [0.5, 0.6) is 11.5 Å². The fourth-order valence-electron chi connectivity index (χ4n) is 3.21. The molecule has 0 fully saturated rings. The summed E-state index contributed by atoms with van der Waals surface area (Å²) in [5, 5.41) is 0. The number of para-hydroxylation sites is 1. The normalized spacial score (nSPS) is 11.7. The molecule has 0 aliphatic rings. The van der Waals surface area contributed by atoms with Gasteiger partial charge in [-0.3, -0.25) is 4.90 Å². The van der Waals surface area contributed by atoms with Gasteiger partial charge in [0.05, 0.1) is 31.0 Å². The van der Waals surface area contributed by atoms with E-state index in [1.54, 1.807) is 33.3 Å². The van der Waals surface area contributed by atoms with Crippen LogP contribution >= 0.6 is 0 Å². The molecule has 0 saturated heterocycles. The molecule has 2 aromatic carbocycles. The lowest BCUT2D eigenvalue weighted by Gasteiger charge is -2.16. The molecule has 3 aromatic rings. The van der Waals surface area contributed by atoms with Crippen LogP contribution in [0.15, 0.2) is 46.9 Å². The van der Waals surface area contributed by atoms with Crippen LogP contribution in [0.4, 0.5) is 13.2 Å². The maximum Gasteiger partial charge on any atom is 0.416 e. The number of benzene rings is 2. The van der Waals surface area contributed by atoms with Crippen molar-refractivity contribution >= 4 is 0 Å². The lowest BCUT2D eigenvalue weighted by atomic mass is 10.1. The van der Waals surface area contributed by atoms with Crippen molar-refractivity contribution < 1.29 is 27.1 Å². The summed E-state index contributed by atoms with van der Waals surface area (Å²) >= 11 is 0. The molecule has 5 nitrogen and oxygen atoms in total. The van der Waals surface area contributed by atoms with Crippen molar-refractivity contribution in [2.75, 3.05) is 21.3 Å². The maximum absolute atomic E-state index is 12.9. The number of hydrogen-bond acceptors (Lipinski definition) is 5. The first-order chi connectivity index (χ1) is 14.2. The fourth-order valence-corrected chi connectivity index (χ4v) is 3.21. The third-order valence-electron chi connectivity index (χ3n) is 4.65. The Morgan fingerprint density at radius 1 is 1.03 bits per heavy atom. The van der Waals surface area contributed by atoms with Gasteiger partial charge in [-0.1, -0.05) is 24.3 Å². The molecule has 0 radical (unpaired) electrons. The van der Waals surface area contributed by atoms with Gasteiger partial charge in [0.25, 0.3) is 0 Å². The monoisotopic (exact) mass is 420 g/mol. The van der Waals surface area contributed by atoms with Gasteiger partial charge in [-0.2, -0.15) is 13.2 Å². The first-order valence-electron chi connectivity index (χ1n) is 9.25. The molecule has 8 heteroatoms. The Labute approximate surface area is 173 Å². The lowest BCUT2D eigenvalue weighted by Crippen LogP contribution is -2.18. The van der Waals surface area contributed by atoms with E-state index in [0.29, 0.717) is 53.1 Å². The van der Waals surface area contributed by atoms with Crippen molar-refractivity contribution in [2.24, 2.45) is 0 Å². The highest BCUT2D eigenvalue weighted by Gasteiger charge is 2.30. The minimum absolute atomic E-state index is 0.341. The molecule has 0 aliphatic heterocycles. The predicted molar refractivity (Wildman–Crippen MR) is 106 cm³/mol. The summed E-state index contributed by atoms with van der Waals surface area (Å²) in [6, 6.07) is 10.7. The van der Waals surface area contributed by atoms with Crippen molar-refractivity contribution in [2.45, 2.75) is 26.2 Å². The average molecular weight is 420 g/mol. The van der Waals surface area contributed by atoms with Crippen LogP contribution in [0, 0.1) is 6.92 Å². The van der Waals surface area contributed by atoms with Crippen molar-refractivity contribution in [3.05, 3.63) is 65.0 Å². The van der Waals surface area contributed by atoms with Crippen LogP contribution in [0.25, 0.3) is 11.5 Å². The lowest BCUT2D eigenvalue weighted by molar-refractivity contribution is -0.137. The summed E-state index contributed by atoms with van der Waals surface area (Å²) in [7, 11) is 4.91. The highest BCUT2D eigenvalue weighted by molar-refractivity contribution is 5.68. The highest BCUT2D eigenvalue weighted by Crippen LogP contribution is 2.38. The Morgan fingerprint density at radius 2 is 1.77 bits per heavy atom. The Morgan fingerprint density at radius 3 is 2.43 bits per heavy atom. The van der Waals surface area contributed by atoms with Gasteiger partial charge in [0.1, 0.15) is 5.76 Å². The molecule has 0 saturated carbocycles. The molecular formula is C22H23F3N2O3. The molecule has 0 unspecified atom stereocenters. The van der Waals surface area contributed by atoms with E-state index in [1.807, 2.05) is 24.1 Å². The Balaban J connectivity index is 1.79. The number of aryl methyl sites for hydroxylation is 1. The van der Waals surface area contributed by atoms with Crippen LogP contribution in [0.2, 0.25) is 0 Å². The quantitative estimate of drug-likeness (QED) is 0.518. The average Bonchev–Trinajstić information content (AvgIpc) is 3.06. The number of methoxy groups -OCH3 is 2. The fraction of sp³-hybridized carbons (Fsp3) is 0.318. The van der Waals surface area contributed by atoms with Gasteiger partial charge >= 0.3 is 6.18 Å². The molecule has 30 heavy (non-hydrogen) atoms. The SMILES string of the molecule is COc1cccc(-c2nc(CN(C)Cc3cccc(C(F)(F)F)c3)c(C)o2)c1OC. The first-order valence-corrected chi connectivity index (χ1v) is 9.25. The minimum Gasteiger partial charge on any atom is -0.493 e. The molecule has 0 atom stereocenters. The molecule has 3 rings (SSSR count). The first kappa shape index (κ1) is 21.7. The summed E-state index contributed by atoms with van der Waals surface area (Å²) in [4.78, 5) is 6.46. The number of oxazole rings is 1. The molecule has 0 spiro atoms. The van der Waals surface area contributed by atoms with Crippen LogP contribution in [-0.2, 0) is 19.3 Å². The largest absolute Gasteiger partial charge is 0.493 e. The van der Waals surface area contributed by atoms with E-state index in [9.17, 15) is 13.2 Å². The summed E-state index contributed by atoms with van der Waals surface area (Å²) in [6.45, 7) is 2.56. The van der Waals surface area contributed by atoms with Crippen LogP contribution < -0.4 is 9.47 Å². The van der Waals surface area contributed by atoms with E-state index in [4.69, 9.17) is 13.9 Å². The summed E-state index contributed by atoms with van der Waals surface area (Å²) in [5.74, 6) is 2.11. The third kappa shape index (κ3) is 4.76. The maximum atomic E-state index is 12.9. The summed E-state index contributed by atoms with van der Waals surface area (Å²) in [6.07, 6.45) is -4.36. The van der Waals surface area contributed by atoms with E-state index in [1.165, 1.54) is 12.1 Å². The van der Waals surface area contributed by atoms with Gasteiger partial charge in [0.2, 0.25) is 5.89 Å². The van der Waals surface area contributed by atoms with Crippen LogP contribution in [0.1, 0.15) is 22.6 Å². The van der Waals surface area contributed by atoms with Crippen LogP contribution in [0.3, 0.4) is 0 Å². The highest BCUT2D eigenvalue weighted by atomic mass is 19.4. The van der Waals surface area contributed by atoms with Crippen LogP contribution in [-0.4, -0.2) is 31.2 Å². The van der Waals surface area contributed by atoms with E-state index < -0.39 is 11.7 Å². The van der Waals surface area contributed by atoms with Crippen molar-refractivity contribution in [3.63, 3.8) is 0 Å². The van der Waals surface area contributed by atoms with Gasteiger partial charge in [-0.05, 0) is 37.7 Å². The van der Waals surface area contributed by atoms with Gasteiger partial charge in [0, 0.05) is 13.1 Å². The number of hydrogen-bond donors (Lipinski definition) is 0. The Hall–Kier alpha value is -3.00. The zero-order valence-corrected chi connectivity index (χ0v) is 17.2. The van der Waals surface area contributed by atoms with Crippen molar-refractivity contribution in [1.29, 1.82) is 0 Å². The smallest absolute Gasteiger partial charge is 0.416 e. The second-order valence-corrected chi connectivity index (χ2v) is 6.93. The van der Waals surface area contributed by atoms with Crippen molar-refractivity contribution in [3.8, 4) is 23.0 Å². The number of alkyl halides is 3. The van der Waals surface area contributed by atoms with Gasteiger partial charge < -0.3 is 13.9 Å². The Kier molecular flexibility index (Phi) is 6.36.